The van der Waals surface area contributed by atoms with Gasteiger partial charge in [0.25, 0.3) is 0 Å². The van der Waals surface area contributed by atoms with E-state index in [1.807, 2.05) is 0 Å². The Kier molecular flexibility index (Phi) is 4.94. The van der Waals surface area contributed by atoms with E-state index in [0.717, 1.165) is 12.7 Å². The van der Waals surface area contributed by atoms with Gasteiger partial charge in [0, 0.05) is 6.42 Å². The molecule has 3 nitrogen and oxygen atoms in total. The van der Waals surface area contributed by atoms with Crippen LogP contribution in [0.2, 0.25) is 0 Å². The summed E-state index contributed by atoms with van der Waals surface area (Å²) in [6.07, 6.45) is 7.30. The lowest BCUT2D eigenvalue weighted by Gasteiger charge is -2.11. The Morgan fingerprint density at radius 1 is 1.50 bits per heavy atom. The molecule has 16 heavy (non-hydrogen) atoms. The highest BCUT2D eigenvalue weighted by atomic mass is 16.5. The van der Waals surface area contributed by atoms with Crippen molar-refractivity contribution in [3.05, 3.63) is 23.8 Å². The van der Waals surface area contributed by atoms with E-state index in [4.69, 9.17) is 15.9 Å². The van der Waals surface area contributed by atoms with Crippen molar-refractivity contribution < 1.29 is 14.3 Å². The minimum absolute atomic E-state index is 0.478. The van der Waals surface area contributed by atoms with Crippen LogP contribution >= 0.6 is 0 Å². The number of terminal acetylenes is 1. The Morgan fingerprint density at radius 3 is 2.94 bits per heavy atom. The number of carbonyl (C=O) groups is 1. The van der Waals surface area contributed by atoms with Crippen molar-refractivity contribution in [3.63, 3.8) is 0 Å². The Labute approximate surface area is 95.4 Å². The summed E-state index contributed by atoms with van der Waals surface area (Å²) in [4.78, 5) is 10.8. The summed E-state index contributed by atoms with van der Waals surface area (Å²) < 4.78 is 10.6. The molecule has 1 aromatic carbocycles. The molecule has 0 fully saturated rings. The fourth-order valence-corrected chi connectivity index (χ4v) is 1.29. The lowest BCUT2D eigenvalue weighted by Crippen LogP contribution is -2.01. The molecule has 0 aliphatic heterocycles. The highest BCUT2D eigenvalue weighted by Crippen LogP contribution is 2.29. The molecule has 0 radical (unpaired) electrons. The molecule has 0 amide bonds. The van der Waals surface area contributed by atoms with Gasteiger partial charge in [-0.05, 0) is 18.6 Å². The zero-order chi connectivity index (χ0) is 11.8. The number of benzene rings is 1. The quantitative estimate of drug-likeness (QED) is 0.417. The minimum Gasteiger partial charge on any atom is -0.493 e. The first kappa shape index (κ1) is 12.1. The second-order valence-corrected chi connectivity index (χ2v) is 3.15. The van der Waals surface area contributed by atoms with Crippen molar-refractivity contribution in [2.24, 2.45) is 0 Å². The molecule has 0 saturated heterocycles. The van der Waals surface area contributed by atoms with Crippen LogP contribution in [0.5, 0.6) is 11.5 Å². The van der Waals surface area contributed by atoms with Crippen molar-refractivity contribution in [1.29, 1.82) is 0 Å². The number of carbonyl (C=O) groups excluding carboxylic acids is 1. The molecular weight excluding hydrogens is 204 g/mol. The van der Waals surface area contributed by atoms with Gasteiger partial charge >= 0.3 is 0 Å². The summed E-state index contributed by atoms with van der Waals surface area (Å²) in [5, 5.41) is 0. The molecule has 0 atom stereocenters. The average Bonchev–Trinajstić information content (AvgIpc) is 2.34. The highest BCUT2D eigenvalue weighted by Gasteiger charge is 2.09. The number of unbranched alkanes of at least 4 members (excludes halogenated alkanes) is 1. The molecule has 0 heterocycles. The van der Waals surface area contributed by atoms with Crippen LogP contribution in [0.3, 0.4) is 0 Å². The maximum absolute atomic E-state index is 10.8. The molecule has 0 saturated carbocycles. The van der Waals surface area contributed by atoms with Crippen LogP contribution in [-0.2, 0) is 0 Å². The van der Waals surface area contributed by atoms with Crippen molar-refractivity contribution in [3.8, 4) is 23.8 Å². The first-order chi connectivity index (χ1) is 7.83. The molecule has 84 valence electrons. The molecule has 3 heteroatoms. The van der Waals surface area contributed by atoms with E-state index in [-0.39, 0.29) is 0 Å². The van der Waals surface area contributed by atoms with Gasteiger partial charge in [-0.2, -0.15) is 0 Å². The summed E-state index contributed by atoms with van der Waals surface area (Å²) in [5.41, 5.74) is 0.486. The number of aldehydes is 1. The largest absolute Gasteiger partial charge is 0.493 e. The highest BCUT2D eigenvalue weighted by molar-refractivity contribution is 5.81. The monoisotopic (exact) mass is 218 g/mol. The van der Waals surface area contributed by atoms with Gasteiger partial charge in [0.05, 0.1) is 19.3 Å². The lowest BCUT2D eigenvalue weighted by molar-refractivity contribution is 0.111. The van der Waals surface area contributed by atoms with Crippen LogP contribution in [0.4, 0.5) is 0 Å². The fourth-order valence-electron chi connectivity index (χ4n) is 1.29. The van der Waals surface area contributed by atoms with Crippen molar-refractivity contribution in [1.82, 2.24) is 0 Å². The van der Waals surface area contributed by atoms with E-state index in [2.05, 4.69) is 5.92 Å². The van der Waals surface area contributed by atoms with Crippen LogP contribution in [0.25, 0.3) is 0 Å². The summed E-state index contributed by atoms with van der Waals surface area (Å²) in [6, 6.07) is 5.19. The summed E-state index contributed by atoms with van der Waals surface area (Å²) in [6.45, 7) is 0.478. The molecular formula is C13H14O3. The molecule has 1 rings (SSSR count). The van der Waals surface area contributed by atoms with E-state index >= 15 is 0 Å². The van der Waals surface area contributed by atoms with Gasteiger partial charge in [-0.3, -0.25) is 4.79 Å². The van der Waals surface area contributed by atoms with Gasteiger partial charge in [0.2, 0.25) is 0 Å². The summed E-state index contributed by atoms with van der Waals surface area (Å²) >= 11 is 0. The van der Waals surface area contributed by atoms with Gasteiger partial charge in [-0.1, -0.05) is 6.07 Å². The van der Waals surface area contributed by atoms with E-state index < -0.39 is 0 Å². The maximum Gasteiger partial charge on any atom is 0.171 e. The first-order valence-corrected chi connectivity index (χ1v) is 5.02. The second kappa shape index (κ2) is 6.52. The molecule has 0 spiro atoms. The number of hydrogen-bond acceptors (Lipinski definition) is 3. The third kappa shape index (κ3) is 3.03. The third-order valence-corrected chi connectivity index (χ3v) is 2.07. The topological polar surface area (TPSA) is 35.5 Å². The Balaban J connectivity index is 2.75. The Hall–Kier alpha value is -1.95. The standard InChI is InChI=1S/C13H14O3/c1-3-4-5-9-16-13-11(10-14)7-6-8-12(13)15-2/h1,6-8,10H,4-5,9H2,2H3. The first-order valence-electron chi connectivity index (χ1n) is 5.02. The van der Waals surface area contributed by atoms with Crippen molar-refractivity contribution in [2.45, 2.75) is 12.8 Å². The van der Waals surface area contributed by atoms with Gasteiger partial charge in [-0.25, -0.2) is 0 Å². The molecule has 0 aromatic heterocycles. The zero-order valence-corrected chi connectivity index (χ0v) is 9.23. The summed E-state index contributed by atoms with van der Waals surface area (Å²) in [7, 11) is 1.54. The van der Waals surface area contributed by atoms with Crippen LogP contribution in [0.1, 0.15) is 23.2 Å². The predicted octanol–water partition coefficient (Wildman–Crippen LogP) is 2.30. The van der Waals surface area contributed by atoms with E-state index in [0.29, 0.717) is 30.1 Å². The Bertz CT molecular complexity index is 391. The van der Waals surface area contributed by atoms with Gasteiger partial charge < -0.3 is 9.47 Å². The van der Waals surface area contributed by atoms with E-state index in [1.165, 1.54) is 7.11 Å². The maximum atomic E-state index is 10.8. The van der Waals surface area contributed by atoms with E-state index in [9.17, 15) is 4.79 Å². The average molecular weight is 218 g/mol. The normalized spacial score (nSPS) is 9.25. The van der Waals surface area contributed by atoms with Crippen molar-refractivity contribution in [2.75, 3.05) is 13.7 Å². The third-order valence-electron chi connectivity index (χ3n) is 2.07. The summed E-state index contributed by atoms with van der Waals surface area (Å²) in [5.74, 6) is 3.57. The molecule has 0 N–H and O–H groups in total. The van der Waals surface area contributed by atoms with Gasteiger partial charge in [0.15, 0.2) is 17.8 Å². The molecule has 1 aromatic rings. The molecule has 0 aliphatic carbocycles. The number of methoxy groups -OCH3 is 1. The number of rotatable bonds is 6. The lowest BCUT2D eigenvalue weighted by atomic mass is 10.2. The number of para-hydroxylation sites is 1. The minimum atomic E-state index is 0.478. The predicted molar refractivity (Wildman–Crippen MR) is 61.9 cm³/mol. The number of hydrogen-bond donors (Lipinski definition) is 0. The van der Waals surface area contributed by atoms with Crippen LogP contribution in [0, 0.1) is 12.3 Å². The van der Waals surface area contributed by atoms with Crippen LogP contribution < -0.4 is 9.47 Å². The molecule has 0 aliphatic rings. The zero-order valence-electron chi connectivity index (χ0n) is 9.23. The number of ether oxygens (including phenoxy) is 2. The van der Waals surface area contributed by atoms with Gasteiger partial charge in [-0.15, -0.1) is 12.3 Å². The molecule has 0 unspecified atom stereocenters. The van der Waals surface area contributed by atoms with Gasteiger partial charge in [0.1, 0.15) is 0 Å². The molecule has 0 bridgehead atoms. The van der Waals surface area contributed by atoms with Crippen molar-refractivity contribution >= 4 is 6.29 Å². The smallest absolute Gasteiger partial charge is 0.171 e. The second-order valence-electron chi connectivity index (χ2n) is 3.15. The SMILES string of the molecule is C#CCCCOc1c(C=O)cccc1OC. The van der Waals surface area contributed by atoms with E-state index in [1.54, 1.807) is 18.2 Å². The van der Waals surface area contributed by atoms with Crippen LogP contribution in [0.15, 0.2) is 18.2 Å². The Morgan fingerprint density at radius 2 is 2.31 bits per heavy atom. The fraction of sp³-hybridized carbons (Fsp3) is 0.308. The van der Waals surface area contributed by atoms with Crippen LogP contribution in [-0.4, -0.2) is 20.0 Å².